The fraction of sp³-hybridized carbons (Fsp3) is 0.278. The summed E-state index contributed by atoms with van der Waals surface area (Å²) >= 11 is 5.96. The lowest BCUT2D eigenvalue weighted by atomic mass is 10.2. The zero-order chi connectivity index (χ0) is 19.3. The molecule has 140 valence electrons. The molecule has 0 aliphatic carbocycles. The Hall–Kier alpha value is -2.25. The predicted molar refractivity (Wildman–Crippen MR) is 103 cm³/mol. The Morgan fingerprint density at radius 2 is 1.88 bits per heavy atom. The SMILES string of the molecule is COc1ccc(CNC(=O)C(C)N(c2cccc(Cl)c2)S(C)(=O)=O)cc1. The number of ether oxygens (including phenoxy) is 1. The normalized spacial score (nSPS) is 12.3. The minimum absolute atomic E-state index is 0.278. The van der Waals surface area contributed by atoms with E-state index in [1.807, 2.05) is 12.1 Å². The summed E-state index contributed by atoms with van der Waals surface area (Å²) in [6.07, 6.45) is 1.06. The Kier molecular flexibility index (Phi) is 6.50. The highest BCUT2D eigenvalue weighted by Gasteiger charge is 2.29. The third kappa shape index (κ3) is 5.12. The minimum atomic E-state index is -3.67. The van der Waals surface area contributed by atoms with Crippen molar-refractivity contribution in [2.24, 2.45) is 0 Å². The van der Waals surface area contributed by atoms with Gasteiger partial charge in [-0.15, -0.1) is 0 Å². The number of halogens is 1. The Labute approximate surface area is 158 Å². The number of hydrogen-bond acceptors (Lipinski definition) is 4. The first-order valence-corrected chi connectivity index (χ1v) is 10.1. The molecule has 0 spiro atoms. The molecule has 1 amide bonds. The topological polar surface area (TPSA) is 75.7 Å². The van der Waals surface area contributed by atoms with E-state index >= 15 is 0 Å². The maximum absolute atomic E-state index is 12.5. The van der Waals surface area contributed by atoms with Crippen LogP contribution in [0.2, 0.25) is 5.02 Å². The number of rotatable bonds is 7. The second-order valence-electron chi connectivity index (χ2n) is 5.78. The van der Waals surface area contributed by atoms with Gasteiger partial charge in [0.1, 0.15) is 11.8 Å². The van der Waals surface area contributed by atoms with Gasteiger partial charge in [-0.1, -0.05) is 29.8 Å². The summed E-state index contributed by atoms with van der Waals surface area (Å²) in [5, 5.41) is 3.15. The molecule has 0 bridgehead atoms. The molecular formula is C18H21ClN2O4S. The third-order valence-corrected chi connectivity index (χ3v) is 5.25. The first-order valence-electron chi connectivity index (χ1n) is 7.88. The van der Waals surface area contributed by atoms with Crippen LogP contribution in [0, 0.1) is 0 Å². The second kappa shape index (κ2) is 8.42. The van der Waals surface area contributed by atoms with E-state index in [1.54, 1.807) is 37.4 Å². The largest absolute Gasteiger partial charge is 0.497 e. The molecule has 1 unspecified atom stereocenters. The van der Waals surface area contributed by atoms with E-state index in [4.69, 9.17) is 16.3 Å². The van der Waals surface area contributed by atoms with Crippen molar-refractivity contribution in [3.05, 3.63) is 59.1 Å². The number of carbonyl (C=O) groups excluding carboxylic acids is 1. The standard InChI is InChI=1S/C18H21ClN2O4S/c1-13(18(22)20-12-14-7-9-17(25-2)10-8-14)21(26(3,23)24)16-6-4-5-15(19)11-16/h4-11,13H,12H2,1-3H3,(H,20,22). The zero-order valence-electron chi connectivity index (χ0n) is 14.8. The number of nitrogens with one attached hydrogen (secondary N) is 1. The van der Waals surface area contributed by atoms with Crippen molar-refractivity contribution < 1.29 is 17.9 Å². The highest BCUT2D eigenvalue weighted by atomic mass is 35.5. The monoisotopic (exact) mass is 396 g/mol. The molecule has 1 atom stereocenters. The molecule has 0 radical (unpaired) electrons. The first-order chi connectivity index (χ1) is 12.2. The lowest BCUT2D eigenvalue weighted by Gasteiger charge is -2.28. The van der Waals surface area contributed by atoms with E-state index in [2.05, 4.69) is 5.32 Å². The second-order valence-corrected chi connectivity index (χ2v) is 8.08. The van der Waals surface area contributed by atoms with E-state index in [-0.39, 0.29) is 6.54 Å². The number of carbonyl (C=O) groups is 1. The number of nitrogens with zero attached hydrogens (tertiary/aromatic N) is 1. The van der Waals surface area contributed by atoms with Gasteiger partial charge < -0.3 is 10.1 Å². The van der Waals surface area contributed by atoms with Gasteiger partial charge in [0.15, 0.2) is 0 Å². The number of methoxy groups -OCH3 is 1. The average Bonchev–Trinajstić information content (AvgIpc) is 2.59. The van der Waals surface area contributed by atoms with Crippen molar-refractivity contribution in [2.45, 2.75) is 19.5 Å². The van der Waals surface area contributed by atoms with Crippen molar-refractivity contribution in [1.29, 1.82) is 0 Å². The van der Waals surface area contributed by atoms with Crippen molar-refractivity contribution in [3.63, 3.8) is 0 Å². The number of sulfonamides is 1. The van der Waals surface area contributed by atoms with Crippen molar-refractivity contribution in [2.75, 3.05) is 17.7 Å². The molecular weight excluding hydrogens is 376 g/mol. The van der Waals surface area contributed by atoms with Gasteiger partial charge in [-0.25, -0.2) is 8.42 Å². The first kappa shape index (κ1) is 20.1. The highest BCUT2D eigenvalue weighted by Crippen LogP contribution is 2.24. The number of amides is 1. The van der Waals surface area contributed by atoms with Crippen LogP contribution in [-0.4, -0.2) is 33.7 Å². The maximum Gasteiger partial charge on any atom is 0.243 e. The van der Waals surface area contributed by atoms with Crippen molar-refractivity contribution in [3.8, 4) is 5.75 Å². The summed E-state index contributed by atoms with van der Waals surface area (Å²) in [6.45, 7) is 1.81. The van der Waals surface area contributed by atoms with Crippen LogP contribution in [0.25, 0.3) is 0 Å². The maximum atomic E-state index is 12.5. The van der Waals surface area contributed by atoms with Crippen LogP contribution in [0.5, 0.6) is 5.75 Å². The fourth-order valence-corrected chi connectivity index (χ4v) is 3.85. The number of anilines is 1. The Morgan fingerprint density at radius 1 is 1.23 bits per heavy atom. The van der Waals surface area contributed by atoms with Gasteiger partial charge in [0.2, 0.25) is 15.9 Å². The van der Waals surface area contributed by atoms with E-state index in [1.165, 1.54) is 13.0 Å². The van der Waals surface area contributed by atoms with Crippen LogP contribution in [0.1, 0.15) is 12.5 Å². The Morgan fingerprint density at radius 3 is 2.42 bits per heavy atom. The molecule has 0 aromatic heterocycles. The molecule has 0 aliphatic rings. The van der Waals surface area contributed by atoms with Gasteiger partial charge in [-0.3, -0.25) is 9.10 Å². The van der Waals surface area contributed by atoms with E-state index in [9.17, 15) is 13.2 Å². The summed E-state index contributed by atoms with van der Waals surface area (Å²) in [4.78, 5) is 12.5. The molecule has 0 heterocycles. The van der Waals surface area contributed by atoms with Gasteiger partial charge in [-0.2, -0.15) is 0 Å². The zero-order valence-corrected chi connectivity index (χ0v) is 16.3. The third-order valence-electron chi connectivity index (χ3n) is 3.78. The molecule has 8 heteroatoms. The molecule has 26 heavy (non-hydrogen) atoms. The lowest BCUT2D eigenvalue weighted by Crippen LogP contribution is -2.47. The molecule has 0 fully saturated rings. The van der Waals surface area contributed by atoms with Gasteiger partial charge in [0, 0.05) is 11.6 Å². The van der Waals surface area contributed by atoms with Gasteiger partial charge in [0.25, 0.3) is 0 Å². The fourth-order valence-electron chi connectivity index (χ4n) is 2.50. The number of benzene rings is 2. The van der Waals surface area contributed by atoms with E-state index < -0.39 is 22.0 Å². The summed E-state index contributed by atoms with van der Waals surface area (Å²) in [5.41, 5.74) is 1.21. The molecule has 2 rings (SSSR count). The van der Waals surface area contributed by atoms with Crippen LogP contribution >= 0.6 is 11.6 Å². The Balaban J connectivity index is 2.14. The average molecular weight is 397 g/mol. The summed E-state index contributed by atoms with van der Waals surface area (Å²) in [5.74, 6) is 0.309. The van der Waals surface area contributed by atoms with Gasteiger partial charge in [0.05, 0.1) is 19.1 Å². The Bertz CT molecular complexity index is 869. The smallest absolute Gasteiger partial charge is 0.243 e. The van der Waals surface area contributed by atoms with Gasteiger partial charge in [-0.05, 0) is 42.8 Å². The summed E-state index contributed by atoms with van der Waals surface area (Å²) in [7, 11) is -2.10. The summed E-state index contributed by atoms with van der Waals surface area (Å²) in [6, 6.07) is 12.7. The van der Waals surface area contributed by atoms with Crippen LogP contribution in [0.3, 0.4) is 0 Å². The minimum Gasteiger partial charge on any atom is -0.497 e. The van der Waals surface area contributed by atoms with Crippen LogP contribution in [0.15, 0.2) is 48.5 Å². The number of hydrogen-bond donors (Lipinski definition) is 1. The molecule has 0 saturated heterocycles. The van der Waals surface area contributed by atoms with Crippen LogP contribution in [0.4, 0.5) is 5.69 Å². The molecule has 2 aromatic carbocycles. The van der Waals surface area contributed by atoms with E-state index in [0.717, 1.165) is 21.9 Å². The van der Waals surface area contributed by atoms with Crippen molar-refractivity contribution in [1.82, 2.24) is 5.32 Å². The molecule has 0 aliphatic heterocycles. The molecule has 2 aromatic rings. The predicted octanol–water partition coefficient (Wildman–Crippen LogP) is 2.82. The quantitative estimate of drug-likeness (QED) is 0.780. The van der Waals surface area contributed by atoms with Crippen molar-refractivity contribution >= 4 is 33.2 Å². The van der Waals surface area contributed by atoms with Crippen LogP contribution in [-0.2, 0) is 21.4 Å². The van der Waals surface area contributed by atoms with E-state index in [0.29, 0.717) is 10.7 Å². The van der Waals surface area contributed by atoms with Crippen LogP contribution < -0.4 is 14.4 Å². The molecule has 0 saturated carbocycles. The highest BCUT2D eigenvalue weighted by molar-refractivity contribution is 7.92. The molecule has 1 N–H and O–H groups in total. The molecule has 6 nitrogen and oxygen atoms in total. The van der Waals surface area contributed by atoms with Gasteiger partial charge >= 0.3 is 0 Å². The summed E-state index contributed by atoms with van der Waals surface area (Å²) < 4.78 is 30.6. The lowest BCUT2D eigenvalue weighted by molar-refractivity contribution is -0.122.